The molecule has 0 radical (unpaired) electrons. The number of benzene rings is 1. The van der Waals surface area contributed by atoms with Gasteiger partial charge in [-0.3, -0.25) is 4.79 Å². The van der Waals surface area contributed by atoms with Gasteiger partial charge >= 0.3 is 0 Å². The summed E-state index contributed by atoms with van der Waals surface area (Å²) in [6, 6.07) is 8.36. The Morgan fingerprint density at radius 2 is 2.25 bits per heavy atom. The van der Waals surface area contributed by atoms with Crippen LogP contribution >= 0.6 is 11.6 Å². The van der Waals surface area contributed by atoms with Crippen molar-refractivity contribution in [3.05, 3.63) is 35.4 Å². The molecule has 3 nitrogen and oxygen atoms in total. The van der Waals surface area contributed by atoms with Crippen LogP contribution < -0.4 is 0 Å². The third-order valence-electron chi connectivity index (χ3n) is 4.36. The lowest BCUT2D eigenvalue weighted by molar-refractivity contribution is -0.141. The molecule has 1 aliphatic carbocycles. The Bertz CT molecular complexity index is 491. The second kappa shape index (κ2) is 6.15. The lowest BCUT2D eigenvalue weighted by Gasteiger charge is -2.38. The lowest BCUT2D eigenvalue weighted by Crippen LogP contribution is -2.51. The van der Waals surface area contributed by atoms with Gasteiger partial charge in [-0.25, -0.2) is 0 Å². The molecule has 1 heterocycles. The van der Waals surface area contributed by atoms with E-state index >= 15 is 0 Å². The fourth-order valence-corrected chi connectivity index (χ4v) is 3.54. The van der Waals surface area contributed by atoms with E-state index in [0.717, 1.165) is 19.3 Å². The summed E-state index contributed by atoms with van der Waals surface area (Å²) in [6.45, 7) is 1.84. The van der Waals surface area contributed by atoms with E-state index in [1.807, 2.05) is 11.0 Å². The smallest absolute Gasteiger partial charge is 0.230 e. The number of carbonyl (C=O) groups excluding carboxylic acids is 1. The quantitative estimate of drug-likeness (QED) is 0.785. The number of ether oxygens (including phenoxy) is 1. The molecule has 0 aromatic heterocycles. The number of aryl methyl sites for hydroxylation is 1. The fourth-order valence-electron chi connectivity index (χ4n) is 3.28. The first kappa shape index (κ1) is 13.9. The minimum atomic E-state index is 0.00349. The monoisotopic (exact) mass is 293 g/mol. The van der Waals surface area contributed by atoms with Gasteiger partial charge in [0.05, 0.1) is 25.2 Å². The van der Waals surface area contributed by atoms with Gasteiger partial charge in [0.25, 0.3) is 0 Å². The molecular weight excluding hydrogens is 274 g/mol. The van der Waals surface area contributed by atoms with Crippen LogP contribution in [0.15, 0.2) is 24.3 Å². The summed E-state index contributed by atoms with van der Waals surface area (Å²) in [5.41, 5.74) is 2.54. The first-order valence-corrected chi connectivity index (χ1v) is 7.86. The Morgan fingerprint density at radius 1 is 1.40 bits per heavy atom. The highest BCUT2D eigenvalue weighted by Gasteiger charge is 2.34. The summed E-state index contributed by atoms with van der Waals surface area (Å²) < 4.78 is 5.43. The van der Waals surface area contributed by atoms with Crippen LogP contribution in [0, 0.1) is 0 Å². The van der Waals surface area contributed by atoms with Crippen LogP contribution in [0.3, 0.4) is 0 Å². The number of halogens is 1. The molecule has 4 heteroatoms. The van der Waals surface area contributed by atoms with Crippen LogP contribution in [-0.4, -0.2) is 42.5 Å². The average Bonchev–Trinajstić information content (AvgIpc) is 2.53. The molecule has 0 bridgehead atoms. The topological polar surface area (TPSA) is 29.5 Å². The SMILES string of the molecule is O=C(C1CCCc2ccccc21)N1CCOCC1CCl. The van der Waals surface area contributed by atoms with Crippen molar-refractivity contribution in [2.75, 3.05) is 25.6 Å². The van der Waals surface area contributed by atoms with Crippen molar-refractivity contribution >= 4 is 17.5 Å². The summed E-state index contributed by atoms with van der Waals surface area (Å²) in [6.07, 6.45) is 3.12. The van der Waals surface area contributed by atoms with Crippen LogP contribution in [0.2, 0.25) is 0 Å². The van der Waals surface area contributed by atoms with E-state index < -0.39 is 0 Å². The van der Waals surface area contributed by atoms with Crippen LogP contribution in [0.25, 0.3) is 0 Å². The summed E-state index contributed by atoms with van der Waals surface area (Å²) >= 11 is 5.98. The number of carbonyl (C=O) groups is 1. The zero-order valence-electron chi connectivity index (χ0n) is 11.6. The Hall–Kier alpha value is -1.06. The van der Waals surface area contributed by atoms with Crippen molar-refractivity contribution < 1.29 is 9.53 Å². The molecule has 1 aliphatic heterocycles. The van der Waals surface area contributed by atoms with Gasteiger partial charge in [-0.1, -0.05) is 24.3 Å². The Morgan fingerprint density at radius 3 is 3.10 bits per heavy atom. The van der Waals surface area contributed by atoms with E-state index in [9.17, 15) is 4.79 Å². The molecule has 1 fully saturated rings. The molecule has 20 heavy (non-hydrogen) atoms. The number of alkyl halides is 1. The van der Waals surface area contributed by atoms with Gasteiger partial charge in [0.2, 0.25) is 5.91 Å². The zero-order valence-corrected chi connectivity index (χ0v) is 12.3. The summed E-state index contributed by atoms with van der Waals surface area (Å²) in [5, 5.41) is 0. The van der Waals surface area contributed by atoms with Crippen LogP contribution in [0.5, 0.6) is 0 Å². The van der Waals surface area contributed by atoms with Gasteiger partial charge in [-0.05, 0) is 30.4 Å². The van der Waals surface area contributed by atoms with E-state index in [2.05, 4.69) is 18.2 Å². The maximum atomic E-state index is 12.9. The molecule has 3 rings (SSSR count). The minimum absolute atomic E-state index is 0.00349. The van der Waals surface area contributed by atoms with Crippen molar-refractivity contribution in [1.82, 2.24) is 4.90 Å². The molecule has 0 saturated carbocycles. The predicted molar refractivity (Wildman–Crippen MR) is 79.2 cm³/mol. The number of rotatable bonds is 2. The number of morpholine rings is 1. The third kappa shape index (κ3) is 2.57. The van der Waals surface area contributed by atoms with E-state index in [0.29, 0.717) is 25.6 Å². The first-order valence-electron chi connectivity index (χ1n) is 7.33. The molecule has 2 aliphatic rings. The molecule has 1 saturated heterocycles. The molecule has 2 atom stereocenters. The summed E-state index contributed by atoms with van der Waals surface area (Å²) in [5.74, 6) is 0.676. The van der Waals surface area contributed by atoms with Gasteiger partial charge in [0, 0.05) is 12.4 Å². The Kier molecular flexibility index (Phi) is 4.27. The summed E-state index contributed by atoms with van der Waals surface area (Å²) in [7, 11) is 0. The second-order valence-electron chi connectivity index (χ2n) is 5.56. The Labute approximate surface area is 124 Å². The molecule has 0 N–H and O–H groups in total. The number of fused-ring (bicyclic) bond motifs is 1. The number of hydrogen-bond donors (Lipinski definition) is 0. The zero-order chi connectivity index (χ0) is 13.9. The van der Waals surface area contributed by atoms with E-state index in [1.165, 1.54) is 11.1 Å². The maximum absolute atomic E-state index is 12.9. The fraction of sp³-hybridized carbons (Fsp3) is 0.562. The maximum Gasteiger partial charge on any atom is 0.230 e. The molecule has 108 valence electrons. The third-order valence-corrected chi connectivity index (χ3v) is 4.71. The molecule has 0 spiro atoms. The molecule has 1 aromatic rings. The largest absolute Gasteiger partial charge is 0.377 e. The van der Waals surface area contributed by atoms with E-state index in [4.69, 9.17) is 16.3 Å². The molecule has 1 aromatic carbocycles. The highest BCUT2D eigenvalue weighted by atomic mass is 35.5. The van der Waals surface area contributed by atoms with Crippen molar-refractivity contribution in [2.24, 2.45) is 0 Å². The summed E-state index contributed by atoms with van der Waals surface area (Å²) in [4.78, 5) is 14.8. The molecule has 2 unspecified atom stereocenters. The highest BCUT2D eigenvalue weighted by Crippen LogP contribution is 2.33. The van der Waals surface area contributed by atoms with Crippen LogP contribution in [0.4, 0.5) is 0 Å². The van der Waals surface area contributed by atoms with Gasteiger partial charge in [-0.15, -0.1) is 11.6 Å². The van der Waals surface area contributed by atoms with E-state index in [1.54, 1.807) is 0 Å². The Balaban J connectivity index is 1.84. The van der Waals surface area contributed by atoms with Crippen molar-refractivity contribution in [2.45, 2.75) is 31.2 Å². The lowest BCUT2D eigenvalue weighted by atomic mass is 9.82. The van der Waals surface area contributed by atoms with E-state index in [-0.39, 0.29) is 17.9 Å². The molecule has 1 amide bonds. The van der Waals surface area contributed by atoms with Gasteiger partial charge in [0.15, 0.2) is 0 Å². The number of nitrogens with zero attached hydrogens (tertiary/aromatic N) is 1. The average molecular weight is 294 g/mol. The number of hydrogen-bond acceptors (Lipinski definition) is 2. The normalized spacial score (nSPS) is 26.1. The van der Waals surface area contributed by atoms with Crippen LogP contribution in [0.1, 0.15) is 29.9 Å². The highest BCUT2D eigenvalue weighted by molar-refractivity contribution is 6.18. The predicted octanol–water partition coefficient (Wildman–Crippen LogP) is 2.57. The molecular formula is C16H20ClNO2. The minimum Gasteiger partial charge on any atom is -0.377 e. The van der Waals surface area contributed by atoms with Crippen molar-refractivity contribution in [3.8, 4) is 0 Å². The standard InChI is InChI=1S/C16H20ClNO2/c17-10-13-11-20-9-8-18(13)16(19)15-7-3-5-12-4-1-2-6-14(12)15/h1-2,4,6,13,15H,3,5,7-11H2. The van der Waals surface area contributed by atoms with Gasteiger partial charge < -0.3 is 9.64 Å². The van der Waals surface area contributed by atoms with Crippen molar-refractivity contribution in [3.63, 3.8) is 0 Å². The number of amides is 1. The van der Waals surface area contributed by atoms with Gasteiger partial charge in [-0.2, -0.15) is 0 Å². The van der Waals surface area contributed by atoms with Gasteiger partial charge in [0.1, 0.15) is 0 Å². The first-order chi connectivity index (χ1) is 9.81. The second-order valence-corrected chi connectivity index (χ2v) is 5.87. The van der Waals surface area contributed by atoms with Crippen molar-refractivity contribution in [1.29, 1.82) is 0 Å². The van der Waals surface area contributed by atoms with Crippen LogP contribution in [-0.2, 0) is 16.0 Å².